The largest absolute Gasteiger partial charge is 0.400 e. The first kappa shape index (κ1) is 21.2. The number of aliphatic hydroxyl groups excluding tert-OH is 1. The minimum Gasteiger partial charge on any atom is -0.400 e. The number of aliphatic hydroxyl groups is 1. The molecule has 0 bridgehead atoms. The fraction of sp³-hybridized carbons (Fsp3) is 0.0769. The first-order valence-corrected chi connectivity index (χ1v) is 4.45. The summed E-state index contributed by atoms with van der Waals surface area (Å²) in [6.45, 7) is 0. The number of hydrogen-bond acceptors (Lipinski definition) is 1. The molecule has 0 fully saturated rings. The van der Waals surface area contributed by atoms with Crippen molar-refractivity contribution in [1.82, 2.24) is 0 Å². The van der Waals surface area contributed by atoms with Crippen molar-refractivity contribution in [2.24, 2.45) is 0 Å². The van der Waals surface area contributed by atoms with Crippen molar-refractivity contribution in [2.75, 3.05) is 7.11 Å². The van der Waals surface area contributed by atoms with Gasteiger partial charge in [0.05, 0.1) is 0 Å². The Balaban J connectivity index is -0.000000165. The molecule has 0 amide bonds. The van der Waals surface area contributed by atoms with Crippen LogP contribution in [0.15, 0.2) is 72.8 Å². The molecule has 0 saturated carbocycles. The van der Waals surface area contributed by atoms with E-state index in [2.05, 4.69) is 0 Å². The van der Waals surface area contributed by atoms with Crippen LogP contribution in [0.4, 0.5) is 0 Å². The molecule has 1 nitrogen and oxygen atoms in total. The highest BCUT2D eigenvalue weighted by molar-refractivity contribution is 14.0. The Kier molecular flexibility index (Phi) is 26.9. The summed E-state index contributed by atoms with van der Waals surface area (Å²) in [7, 11) is 1.00. The van der Waals surface area contributed by atoms with Crippen LogP contribution in [-0.2, 0) is 0 Å². The van der Waals surface area contributed by atoms with Crippen LogP contribution in [0, 0.1) is 0 Å². The van der Waals surface area contributed by atoms with E-state index in [1.807, 2.05) is 72.8 Å². The second kappa shape index (κ2) is 20.3. The van der Waals surface area contributed by atoms with Gasteiger partial charge in [-0.15, -0.1) is 48.0 Å². The van der Waals surface area contributed by atoms with E-state index in [9.17, 15) is 0 Å². The highest BCUT2D eigenvalue weighted by Gasteiger charge is 1.58. The van der Waals surface area contributed by atoms with Crippen molar-refractivity contribution >= 4 is 48.0 Å². The van der Waals surface area contributed by atoms with E-state index >= 15 is 0 Å². The molecule has 0 atom stereocenters. The molecule has 1 N–H and O–H groups in total. The van der Waals surface area contributed by atoms with Gasteiger partial charge in [-0.05, 0) is 0 Å². The highest BCUT2D eigenvalue weighted by Crippen LogP contribution is 1.80. The molecule has 3 heteroatoms. The lowest BCUT2D eigenvalue weighted by atomic mass is 10.4. The maximum Gasteiger partial charge on any atom is 0.0319 e. The summed E-state index contributed by atoms with van der Waals surface area (Å²) >= 11 is 0. The van der Waals surface area contributed by atoms with Crippen LogP contribution in [-0.4, -0.2) is 12.2 Å². The summed E-state index contributed by atoms with van der Waals surface area (Å²) in [6, 6.07) is 24.0. The highest BCUT2D eigenvalue weighted by atomic mass is 127. The van der Waals surface area contributed by atoms with E-state index in [1.54, 1.807) is 0 Å². The second-order valence-electron chi connectivity index (χ2n) is 2.31. The molecule has 2 rings (SSSR count). The smallest absolute Gasteiger partial charge is 0.0319 e. The Labute approximate surface area is 132 Å². The Morgan fingerprint density at radius 2 is 0.438 bits per heavy atom. The summed E-state index contributed by atoms with van der Waals surface area (Å²) in [4.78, 5) is 0. The van der Waals surface area contributed by atoms with Crippen molar-refractivity contribution in [3.8, 4) is 0 Å². The topological polar surface area (TPSA) is 20.2 Å². The van der Waals surface area contributed by atoms with Gasteiger partial charge in [0.15, 0.2) is 0 Å². The summed E-state index contributed by atoms with van der Waals surface area (Å²) < 4.78 is 0. The standard InChI is InChI=1S/2C6H6.CH4O.2HI/c2*1-2-4-6-5-3-1;1-2;;/h2*1-6H;2H,1H3;2*1H. The maximum absolute atomic E-state index is 7.00. The van der Waals surface area contributed by atoms with Gasteiger partial charge in [0.25, 0.3) is 0 Å². The lowest BCUT2D eigenvalue weighted by Crippen LogP contribution is -1.47. The van der Waals surface area contributed by atoms with Crippen LogP contribution >= 0.6 is 48.0 Å². The van der Waals surface area contributed by atoms with E-state index in [0.717, 1.165) is 7.11 Å². The van der Waals surface area contributed by atoms with Crippen LogP contribution in [0.25, 0.3) is 0 Å². The molecule has 0 unspecified atom stereocenters. The van der Waals surface area contributed by atoms with Gasteiger partial charge in [-0.1, -0.05) is 72.8 Å². The van der Waals surface area contributed by atoms with Crippen LogP contribution in [0.1, 0.15) is 0 Å². The van der Waals surface area contributed by atoms with Crippen LogP contribution < -0.4 is 0 Å². The zero-order valence-electron chi connectivity index (χ0n) is 9.19. The second-order valence-corrected chi connectivity index (χ2v) is 2.31. The Morgan fingerprint density at radius 3 is 0.500 bits per heavy atom. The minimum absolute atomic E-state index is 0. The normalized spacial score (nSPS) is 6.38. The fourth-order valence-corrected chi connectivity index (χ4v) is 0.770. The minimum atomic E-state index is 0. The first-order chi connectivity index (χ1) is 7.00. The lowest BCUT2D eigenvalue weighted by molar-refractivity contribution is 0.399. The molecule has 0 radical (unpaired) electrons. The van der Waals surface area contributed by atoms with E-state index in [0.29, 0.717) is 0 Å². The molecule has 0 aliphatic carbocycles. The van der Waals surface area contributed by atoms with E-state index in [4.69, 9.17) is 5.11 Å². The molecule has 0 heterocycles. The van der Waals surface area contributed by atoms with Crippen molar-refractivity contribution in [1.29, 1.82) is 0 Å². The van der Waals surface area contributed by atoms with Gasteiger partial charge in [0.2, 0.25) is 0 Å². The van der Waals surface area contributed by atoms with Gasteiger partial charge in [-0.25, -0.2) is 0 Å². The molecule has 2 aromatic rings. The third-order valence-corrected chi connectivity index (χ3v) is 1.33. The number of halogens is 2. The zero-order chi connectivity index (χ0) is 10.5. The third kappa shape index (κ3) is 16.3. The number of benzene rings is 2. The average molecular weight is 444 g/mol. The number of rotatable bonds is 0. The van der Waals surface area contributed by atoms with Gasteiger partial charge in [-0.2, -0.15) is 0 Å². The van der Waals surface area contributed by atoms with Gasteiger partial charge in [0.1, 0.15) is 0 Å². The van der Waals surface area contributed by atoms with E-state index < -0.39 is 0 Å². The number of hydrogen-bond donors (Lipinski definition) is 1. The molecule has 0 aliphatic rings. The van der Waals surface area contributed by atoms with Gasteiger partial charge >= 0.3 is 0 Å². The van der Waals surface area contributed by atoms with Gasteiger partial charge < -0.3 is 5.11 Å². The third-order valence-electron chi connectivity index (χ3n) is 1.33. The van der Waals surface area contributed by atoms with Crippen molar-refractivity contribution in [3.63, 3.8) is 0 Å². The Morgan fingerprint density at radius 1 is 0.375 bits per heavy atom. The van der Waals surface area contributed by atoms with Crippen LogP contribution in [0.3, 0.4) is 0 Å². The van der Waals surface area contributed by atoms with Crippen molar-refractivity contribution < 1.29 is 5.11 Å². The zero-order valence-corrected chi connectivity index (χ0v) is 13.9. The predicted molar refractivity (Wildman–Crippen MR) is 91.9 cm³/mol. The van der Waals surface area contributed by atoms with Crippen molar-refractivity contribution in [3.05, 3.63) is 72.8 Å². The van der Waals surface area contributed by atoms with E-state index in [-0.39, 0.29) is 48.0 Å². The average Bonchev–Trinajstić information content (AvgIpc) is 2.37. The van der Waals surface area contributed by atoms with Gasteiger partial charge in [0, 0.05) is 7.11 Å². The lowest BCUT2D eigenvalue weighted by Gasteiger charge is -1.69. The Hall–Kier alpha value is -0.140. The summed E-state index contributed by atoms with van der Waals surface area (Å²) in [6.07, 6.45) is 0. The molecular weight excluding hydrogens is 426 g/mol. The summed E-state index contributed by atoms with van der Waals surface area (Å²) in [5.74, 6) is 0. The SMILES string of the molecule is CO.I.I.c1ccccc1.c1ccccc1. The first-order valence-electron chi connectivity index (χ1n) is 4.45. The van der Waals surface area contributed by atoms with E-state index in [1.165, 1.54) is 0 Å². The molecule has 0 aliphatic heterocycles. The molecule has 2 aromatic carbocycles. The van der Waals surface area contributed by atoms with Crippen LogP contribution in [0.5, 0.6) is 0 Å². The monoisotopic (exact) mass is 444 g/mol. The quantitative estimate of drug-likeness (QED) is 0.604. The molecule has 0 spiro atoms. The van der Waals surface area contributed by atoms with Crippen LogP contribution in [0.2, 0.25) is 0 Å². The van der Waals surface area contributed by atoms with Gasteiger partial charge in [-0.3, -0.25) is 0 Å². The fourth-order valence-electron chi connectivity index (χ4n) is 0.770. The maximum atomic E-state index is 7.00. The summed E-state index contributed by atoms with van der Waals surface area (Å²) in [5, 5.41) is 7.00. The molecule has 90 valence electrons. The molecular formula is C13H18I2O. The van der Waals surface area contributed by atoms with Crippen molar-refractivity contribution in [2.45, 2.75) is 0 Å². The summed E-state index contributed by atoms with van der Waals surface area (Å²) in [5.41, 5.74) is 0. The molecule has 16 heavy (non-hydrogen) atoms. The predicted octanol–water partition coefficient (Wildman–Crippen LogP) is 4.22. The molecule has 0 aromatic heterocycles. The Bertz CT molecular complexity index is 189. The molecule has 0 saturated heterocycles.